The topological polar surface area (TPSA) is 147 Å². The van der Waals surface area contributed by atoms with Crippen molar-refractivity contribution in [3.05, 3.63) is 93.9 Å². The molecule has 0 radical (unpaired) electrons. The second-order valence-corrected chi connectivity index (χ2v) is 10.9. The van der Waals surface area contributed by atoms with E-state index >= 15 is 0 Å². The SMILES string of the molecule is CC=NC(=NOC)C1(c2nn(CC)c(=O)o2)N[C@@H](c2ncc(C3=NC=C(F)C=CC3C)[nH]2)CC(C)=C1NC1C=CC=CC1C. The molecule has 2 aromatic heterocycles. The third-order valence-corrected chi connectivity index (χ3v) is 7.92. The number of nitrogens with zero attached hydrogens (tertiary/aromatic N) is 6. The molecule has 0 bridgehead atoms. The molecule has 2 aliphatic heterocycles. The van der Waals surface area contributed by atoms with Gasteiger partial charge in [-0.25, -0.2) is 19.2 Å². The van der Waals surface area contributed by atoms with E-state index in [1.807, 2.05) is 32.9 Å². The lowest BCUT2D eigenvalue weighted by molar-refractivity contribution is 0.203. The van der Waals surface area contributed by atoms with Crippen LogP contribution in [0.1, 0.15) is 64.5 Å². The molecule has 1 aliphatic carbocycles. The summed E-state index contributed by atoms with van der Waals surface area (Å²) >= 11 is 0. The fraction of sp³-hybridized carbons (Fsp3) is 0.419. The first kappa shape index (κ1) is 30.8. The summed E-state index contributed by atoms with van der Waals surface area (Å²) in [4.78, 5) is 35.3. The zero-order valence-corrected chi connectivity index (χ0v) is 25.7. The van der Waals surface area contributed by atoms with E-state index in [0.29, 0.717) is 35.9 Å². The molecule has 0 amide bonds. The summed E-state index contributed by atoms with van der Waals surface area (Å²) in [5.74, 6) is -0.175. The first-order valence-electron chi connectivity index (χ1n) is 14.7. The number of aromatic amines is 1. The summed E-state index contributed by atoms with van der Waals surface area (Å²) in [7, 11) is 1.43. The number of aliphatic imine (C=N–C) groups is 2. The van der Waals surface area contributed by atoms with Crippen LogP contribution in [0.15, 0.2) is 90.3 Å². The molecular formula is C31H38FN9O3. The molecule has 5 rings (SSSR count). The van der Waals surface area contributed by atoms with E-state index in [4.69, 9.17) is 14.2 Å². The van der Waals surface area contributed by atoms with Gasteiger partial charge in [-0.2, -0.15) is 4.68 Å². The molecular weight excluding hydrogens is 565 g/mol. The number of rotatable bonds is 8. The van der Waals surface area contributed by atoms with Crippen molar-refractivity contribution in [2.45, 2.75) is 65.2 Å². The normalized spacial score (nSPS) is 27.5. The van der Waals surface area contributed by atoms with E-state index in [-0.39, 0.29) is 29.6 Å². The summed E-state index contributed by atoms with van der Waals surface area (Å²) in [6, 6.07) is -0.521. The molecule has 12 nitrogen and oxygen atoms in total. The minimum absolute atomic E-state index is 0.0552. The standard InChI is InChI=1S/C31H38FN9O3/c1-7-33-28(40-43-6)31(29-39-41(8-2)30(42)44-29)26(36-22-12-10-9-11-18(22)3)20(5)15-23(38-31)27-35-17-24(37-27)25-19(4)13-14-21(32)16-34-25/h7,9-14,16-19,22-23,36,38H,8,15H2,1-6H3,(H,35,37)/t18?,19?,22?,23-,31?/m1/s1. The number of oxime groups is 1. The van der Waals surface area contributed by atoms with E-state index in [1.54, 1.807) is 25.4 Å². The van der Waals surface area contributed by atoms with Gasteiger partial charge in [-0.1, -0.05) is 49.4 Å². The predicted octanol–water partition coefficient (Wildman–Crippen LogP) is 4.36. The molecule has 3 aliphatic rings. The van der Waals surface area contributed by atoms with Crippen molar-refractivity contribution in [1.29, 1.82) is 0 Å². The van der Waals surface area contributed by atoms with Crippen molar-refractivity contribution >= 4 is 17.8 Å². The largest absolute Gasteiger partial charge is 0.437 e. The monoisotopic (exact) mass is 603 g/mol. The average molecular weight is 604 g/mol. The first-order chi connectivity index (χ1) is 21.2. The zero-order valence-electron chi connectivity index (χ0n) is 25.7. The van der Waals surface area contributed by atoms with Gasteiger partial charge in [0.15, 0.2) is 0 Å². The van der Waals surface area contributed by atoms with Crippen LogP contribution in [0.5, 0.6) is 0 Å². The quantitative estimate of drug-likeness (QED) is 0.231. The highest BCUT2D eigenvalue weighted by Gasteiger charge is 2.53. The molecule has 0 saturated carbocycles. The van der Waals surface area contributed by atoms with Crippen LogP contribution in [0.3, 0.4) is 0 Å². The lowest BCUT2D eigenvalue weighted by atomic mass is 9.81. The van der Waals surface area contributed by atoms with Gasteiger partial charge >= 0.3 is 5.76 Å². The molecule has 5 atom stereocenters. The maximum absolute atomic E-state index is 13.9. The smallest absolute Gasteiger partial charge is 0.398 e. The molecule has 0 fully saturated rings. The van der Waals surface area contributed by atoms with E-state index in [9.17, 15) is 9.18 Å². The number of amidine groups is 1. The highest BCUT2D eigenvalue weighted by atomic mass is 19.1. The summed E-state index contributed by atoms with van der Waals surface area (Å²) in [6.45, 7) is 9.94. The van der Waals surface area contributed by atoms with Crippen molar-refractivity contribution in [3.8, 4) is 0 Å². The summed E-state index contributed by atoms with van der Waals surface area (Å²) in [6.07, 6.45) is 16.4. The van der Waals surface area contributed by atoms with Crippen LogP contribution in [-0.4, -0.2) is 50.7 Å². The number of hydrogen-bond acceptors (Lipinski definition) is 9. The minimum atomic E-state index is -1.47. The van der Waals surface area contributed by atoms with Crippen LogP contribution < -0.4 is 16.4 Å². The van der Waals surface area contributed by atoms with Crippen molar-refractivity contribution in [2.24, 2.45) is 27.0 Å². The second-order valence-electron chi connectivity index (χ2n) is 10.9. The molecule has 13 heteroatoms. The van der Waals surface area contributed by atoms with Gasteiger partial charge in [0.2, 0.25) is 11.4 Å². The molecule has 0 spiro atoms. The van der Waals surface area contributed by atoms with E-state index in [1.165, 1.54) is 24.1 Å². The molecule has 0 aromatic carbocycles. The molecule has 2 aromatic rings. The lowest BCUT2D eigenvalue weighted by Gasteiger charge is -2.43. The Morgan fingerprint density at radius 3 is 2.82 bits per heavy atom. The Hall–Kier alpha value is -4.65. The molecule has 44 heavy (non-hydrogen) atoms. The highest BCUT2D eigenvalue weighted by Crippen LogP contribution is 2.41. The lowest BCUT2D eigenvalue weighted by Crippen LogP contribution is -2.59. The Morgan fingerprint density at radius 2 is 2.11 bits per heavy atom. The van der Waals surface area contributed by atoms with Gasteiger partial charge in [0.05, 0.1) is 35.9 Å². The van der Waals surface area contributed by atoms with Crippen LogP contribution in [0.2, 0.25) is 0 Å². The highest BCUT2D eigenvalue weighted by molar-refractivity contribution is 6.02. The molecule has 3 N–H and O–H groups in total. The number of imidazole rings is 1. The zero-order chi connectivity index (χ0) is 31.4. The van der Waals surface area contributed by atoms with Crippen LogP contribution in [0, 0.1) is 11.8 Å². The fourth-order valence-corrected chi connectivity index (χ4v) is 5.65. The maximum atomic E-state index is 13.9. The second kappa shape index (κ2) is 12.9. The minimum Gasteiger partial charge on any atom is -0.398 e. The predicted molar refractivity (Wildman–Crippen MR) is 167 cm³/mol. The van der Waals surface area contributed by atoms with Crippen molar-refractivity contribution in [3.63, 3.8) is 0 Å². The van der Waals surface area contributed by atoms with Crippen LogP contribution >= 0.6 is 0 Å². The third kappa shape index (κ3) is 5.79. The van der Waals surface area contributed by atoms with E-state index in [0.717, 1.165) is 5.57 Å². The first-order valence-corrected chi connectivity index (χ1v) is 14.7. The van der Waals surface area contributed by atoms with Gasteiger partial charge in [-0.15, -0.1) is 5.10 Å². The van der Waals surface area contributed by atoms with E-state index < -0.39 is 23.2 Å². The molecule has 4 unspecified atom stereocenters. The summed E-state index contributed by atoms with van der Waals surface area (Å²) in [5, 5.41) is 16.3. The maximum Gasteiger partial charge on any atom is 0.437 e. The van der Waals surface area contributed by atoms with Crippen LogP contribution in [0.4, 0.5) is 4.39 Å². The van der Waals surface area contributed by atoms with Crippen molar-refractivity contribution in [1.82, 2.24) is 30.4 Å². The van der Waals surface area contributed by atoms with Gasteiger partial charge in [0.1, 0.15) is 18.8 Å². The molecule has 4 heterocycles. The molecule has 0 saturated heterocycles. The number of aryl methyl sites for hydroxylation is 1. The molecule has 232 valence electrons. The number of H-pyrrole nitrogens is 1. The Morgan fingerprint density at radius 1 is 1.32 bits per heavy atom. The van der Waals surface area contributed by atoms with Gasteiger partial charge in [-0.3, -0.25) is 10.3 Å². The number of halogens is 1. The number of hydrogen-bond donors (Lipinski definition) is 3. The van der Waals surface area contributed by atoms with Gasteiger partial charge < -0.3 is 19.6 Å². The van der Waals surface area contributed by atoms with Crippen molar-refractivity contribution < 1.29 is 13.6 Å². The van der Waals surface area contributed by atoms with Crippen molar-refractivity contribution in [2.75, 3.05) is 7.11 Å². The van der Waals surface area contributed by atoms with Gasteiger partial charge in [0.25, 0.3) is 5.89 Å². The van der Waals surface area contributed by atoms with Crippen LogP contribution in [0.25, 0.3) is 0 Å². The summed E-state index contributed by atoms with van der Waals surface area (Å²) in [5.41, 5.74) is 1.47. The van der Waals surface area contributed by atoms with Crippen LogP contribution in [-0.2, 0) is 16.9 Å². The van der Waals surface area contributed by atoms with E-state index in [2.05, 4.69) is 54.9 Å². The Balaban J connectivity index is 1.68. The Bertz CT molecular complexity index is 1690. The number of allylic oxidation sites excluding steroid dienone is 5. The van der Waals surface area contributed by atoms with Gasteiger partial charge in [0, 0.05) is 24.4 Å². The number of aromatic nitrogens is 4. The third-order valence-electron chi connectivity index (χ3n) is 7.92. The fourth-order valence-electron chi connectivity index (χ4n) is 5.65. The van der Waals surface area contributed by atoms with Gasteiger partial charge in [-0.05, 0) is 44.8 Å². The Labute approximate surface area is 255 Å². The summed E-state index contributed by atoms with van der Waals surface area (Å²) < 4.78 is 21.0. The Kier molecular flexibility index (Phi) is 9.04. The average Bonchev–Trinajstić information content (AvgIpc) is 3.61. The number of nitrogens with one attached hydrogen (secondary N) is 3.